The number of nitrogens with two attached hydrogens (primary N) is 1. The molecule has 5 heteroatoms. The molecule has 78 valence electrons. The van der Waals surface area contributed by atoms with Gasteiger partial charge in [0, 0.05) is 12.6 Å². The minimum Gasteiger partial charge on any atom is -0.407 e. The Hall–Kier alpha value is -1.10. The Morgan fingerprint density at radius 3 is 2.79 bits per heavy atom. The second kappa shape index (κ2) is 3.57. The zero-order valence-corrected chi connectivity index (χ0v) is 8.60. The summed E-state index contributed by atoms with van der Waals surface area (Å²) in [4.78, 5) is 2.15. The highest BCUT2D eigenvalue weighted by Gasteiger charge is 2.29. The van der Waals surface area contributed by atoms with Crippen LogP contribution in [0.4, 0.5) is 6.01 Å². The molecule has 1 aromatic heterocycles. The van der Waals surface area contributed by atoms with E-state index in [1.165, 1.54) is 6.42 Å². The molecule has 14 heavy (non-hydrogen) atoms. The van der Waals surface area contributed by atoms with Crippen molar-refractivity contribution in [2.24, 2.45) is 11.7 Å². The van der Waals surface area contributed by atoms with Crippen molar-refractivity contribution in [3.05, 3.63) is 5.89 Å². The van der Waals surface area contributed by atoms with Crippen molar-refractivity contribution < 1.29 is 4.42 Å². The molecule has 0 radical (unpaired) electrons. The van der Waals surface area contributed by atoms with Crippen LogP contribution in [0.15, 0.2) is 4.42 Å². The highest BCUT2D eigenvalue weighted by Crippen LogP contribution is 2.27. The summed E-state index contributed by atoms with van der Waals surface area (Å²) >= 11 is 0. The lowest BCUT2D eigenvalue weighted by molar-refractivity contribution is 0.482. The first kappa shape index (κ1) is 9.45. The Bertz CT molecular complexity index is 312. The molecule has 0 bridgehead atoms. The number of nitrogens with zero attached hydrogens (tertiary/aromatic N) is 3. The van der Waals surface area contributed by atoms with Gasteiger partial charge in [0.05, 0.1) is 6.54 Å². The molecule has 2 atom stereocenters. The average Bonchev–Trinajstić information content (AvgIpc) is 2.71. The van der Waals surface area contributed by atoms with Crippen LogP contribution >= 0.6 is 0 Å². The molecule has 1 fully saturated rings. The Morgan fingerprint density at radius 1 is 1.50 bits per heavy atom. The van der Waals surface area contributed by atoms with Gasteiger partial charge in [-0.3, -0.25) is 0 Å². The van der Waals surface area contributed by atoms with Gasteiger partial charge in [-0.25, -0.2) is 0 Å². The van der Waals surface area contributed by atoms with Gasteiger partial charge in [-0.2, -0.15) is 0 Å². The van der Waals surface area contributed by atoms with E-state index in [1.807, 2.05) is 0 Å². The van der Waals surface area contributed by atoms with Crippen LogP contribution < -0.4 is 10.6 Å². The topological polar surface area (TPSA) is 68.2 Å². The van der Waals surface area contributed by atoms with E-state index in [2.05, 4.69) is 28.9 Å². The maximum atomic E-state index is 5.41. The Labute approximate surface area is 83.3 Å². The van der Waals surface area contributed by atoms with E-state index in [9.17, 15) is 0 Å². The van der Waals surface area contributed by atoms with E-state index >= 15 is 0 Å². The third-order valence-corrected chi connectivity index (χ3v) is 2.66. The molecule has 1 aliphatic rings. The Morgan fingerprint density at radius 2 is 2.29 bits per heavy atom. The molecule has 1 saturated heterocycles. The quantitative estimate of drug-likeness (QED) is 0.756. The molecule has 5 nitrogen and oxygen atoms in total. The number of hydrogen-bond acceptors (Lipinski definition) is 5. The van der Waals surface area contributed by atoms with Crippen molar-refractivity contribution in [2.75, 3.05) is 11.4 Å². The second-order valence-electron chi connectivity index (χ2n) is 4.02. The minimum absolute atomic E-state index is 0.310. The van der Waals surface area contributed by atoms with Crippen molar-refractivity contribution in [1.29, 1.82) is 0 Å². The molecule has 0 spiro atoms. The van der Waals surface area contributed by atoms with Crippen LogP contribution in [0.3, 0.4) is 0 Å². The number of hydrogen-bond donors (Lipinski definition) is 1. The minimum atomic E-state index is 0.310. The molecule has 2 N–H and O–H groups in total. The lowest BCUT2D eigenvalue weighted by atomic mass is 10.1. The molecule has 1 aliphatic heterocycles. The van der Waals surface area contributed by atoms with Gasteiger partial charge in [-0.1, -0.05) is 12.0 Å². The highest BCUT2D eigenvalue weighted by atomic mass is 16.4. The molecule has 0 saturated carbocycles. The fourth-order valence-electron chi connectivity index (χ4n) is 2.01. The monoisotopic (exact) mass is 196 g/mol. The van der Waals surface area contributed by atoms with E-state index in [0.717, 1.165) is 6.54 Å². The van der Waals surface area contributed by atoms with Crippen molar-refractivity contribution in [3.63, 3.8) is 0 Å². The molecule has 2 rings (SSSR count). The second-order valence-corrected chi connectivity index (χ2v) is 4.02. The average molecular weight is 196 g/mol. The lowest BCUT2D eigenvalue weighted by Gasteiger charge is -2.17. The largest absolute Gasteiger partial charge is 0.407 e. The van der Waals surface area contributed by atoms with Crippen molar-refractivity contribution >= 4 is 6.01 Å². The van der Waals surface area contributed by atoms with Crippen LogP contribution in [0.1, 0.15) is 26.2 Å². The smallest absolute Gasteiger partial charge is 0.318 e. The summed E-state index contributed by atoms with van der Waals surface area (Å²) in [7, 11) is 0. The summed E-state index contributed by atoms with van der Waals surface area (Å²) in [6.07, 6.45) is 1.18. The first-order chi connectivity index (χ1) is 6.70. The Kier molecular flexibility index (Phi) is 2.41. The van der Waals surface area contributed by atoms with Gasteiger partial charge in [0.15, 0.2) is 0 Å². The first-order valence-electron chi connectivity index (χ1n) is 4.99. The number of aromatic nitrogens is 2. The van der Waals surface area contributed by atoms with Crippen molar-refractivity contribution in [2.45, 2.75) is 32.9 Å². The van der Waals surface area contributed by atoms with Gasteiger partial charge < -0.3 is 15.1 Å². The third-order valence-electron chi connectivity index (χ3n) is 2.66. The predicted octanol–water partition coefficient (Wildman–Crippen LogP) is 0.763. The van der Waals surface area contributed by atoms with Gasteiger partial charge in [0.2, 0.25) is 5.89 Å². The van der Waals surface area contributed by atoms with Crippen LogP contribution in [0.25, 0.3) is 0 Å². The standard InChI is InChI=1S/C9H16N4O/c1-6-3-7(2)13(5-6)9-12-11-8(4-10)14-9/h6-7H,3-5,10H2,1-2H3. The molecular formula is C9H16N4O. The summed E-state index contributed by atoms with van der Waals surface area (Å²) in [5.74, 6) is 1.20. The van der Waals surface area contributed by atoms with Gasteiger partial charge in [-0.05, 0) is 19.3 Å². The van der Waals surface area contributed by atoms with Crippen molar-refractivity contribution in [3.8, 4) is 0 Å². The van der Waals surface area contributed by atoms with E-state index < -0.39 is 0 Å². The summed E-state index contributed by atoms with van der Waals surface area (Å²) in [6.45, 7) is 5.71. The summed E-state index contributed by atoms with van der Waals surface area (Å²) in [5, 5.41) is 7.84. The van der Waals surface area contributed by atoms with Gasteiger partial charge in [0.25, 0.3) is 0 Å². The van der Waals surface area contributed by atoms with E-state index in [1.54, 1.807) is 0 Å². The Balaban J connectivity index is 2.14. The fraction of sp³-hybridized carbons (Fsp3) is 0.778. The maximum absolute atomic E-state index is 5.41. The molecule has 1 aromatic rings. The van der Waals surface area contributed by atoms with Crippen molar-refractivity contribution in [1.82, 2.24) is 10.2 Å². The normalized spacial score (nSPS) is 27.2. The fourth-order valence-corrected chi connectivity index (χ4v) is 2.01. The predicted molar refractivity (Wildman–Crippen MR) is 52.8 cm³/mol. The zero-order valence-electron chi connectivity index (χ0n) is 8.60. The van der Waals surface area contributed by atoms with E-state index in [0.29, 0.717) is 30.4 Å². The highest BCUT2D eigenvalue weighted by molar-refractivity contribution is 5.28. The third kappa shape index (κ3) is 1.59. The molecule has 0 aliphatic carbocycles. The summed E-state index contributed by atoms with van der Waals surface area (Å²) in [6, 6.07) is 1.10. The maximum Gasteiger partial charge on any atom is 0.318 e. The molecule has 2 unspecified atom stereocenters. The summed E-state index contributed by atoms with van der Waals surface area (Å²) < 4.78 is 5.41. The SMILES string of the molecule is CC1CC(C)N(c2nnc(CN)o2)C1. The molecule has 2 heterocycles. The van der Waals surface area contributed by atoms with Crippen LogP contribution in [0.5, 0.6) is 0 Å². The van der Waals surface area contributed by atoms with Gasteiger partial charge in [0.1, 0.15) is 0 Å². The lowest BCUT2D eigenvalue weighted by Crippen LogP contribution is -2.26. The van der Waals surface area contributed by atoms with Crippen LogP contribution in [0, 0.1) is 5.92 Å². The zero-order chi connectivity index (χ0) is 10.1. The molecule has 0 aromatic carbocycles. The van der Waals surface area contributed by atoms with Gasteiger partial charge in [-0.15, -0.1) is 5.10 Å². The van der Waals surface area contributed by atoms with Crippen LogP contribution in [0.2, 0.25) is 0 Å². The summed E-state index contributed by atoms with van der Waals surface area (Å²) in [5.41, 5.74) is 5.41. The van der Waals surface area contributed by atoms with Crippen LogP contribution in [-0.4, -0.2) is 22.8 Å². The number of rotatable bonds is 2. The van der Waals surface area contributed by atoms with Gasteiger partial charge >= 0.3 is 6.01 Å². The number of anilines is 1. The molecule has 0 amide bonds. The van der Waals surface area contributed by atoms with Crippen LogP contribution in [-0.2, 0) is 6.54 Å². The molecular weight excluding hydrogens is 180 g/mol. The van der Waals surface area contributed by atoms with E-state index in [-0.39, 0.29) is 0 Å². The first-order valence-corrected chi connectivity index (χ1v) is 4.99. The van der Waals surface area contributed by atoms with E-state index in [4.69, 9.17) is 10.2 Å².